The third-order valence-corrected chi connectivity index (χ3v) is 4.10. The summed E-state index contributed by atoms with van der Waals surface area (Å²) < 4.78 is 0. The van der Waals surface area contributed by atoms with Crippen molar-refractivity contribution < 1.29 is 4.79 Å². The molecule has 0 aliphatic carbocycles. The Morgan fingerprint density at radius 1 is 1.35 bits per heavy atom. The Balaban J connectivity index is 1.60. The summed E-state index contributed by atoms with van der Waals surface area (Å²) >= 11 is 0. The highest BCUT2D eigenvalue weighted by atomic mass is 16.1. The number of nitrogens with zero attached hydrogens (tertiary/aromatic N) is 1. The molecule has 3 nitrogen and oxygen atoms in total. The van der Waals surface area contributed by atoms with Gasteiger partial charge in [-0.05, 0) is 50.9 Å². The minimum Gasteiger partial charge on any atom is -0.310 e. The van der Waals surface area contributed by atoms with Crippen molar-refractivity contribution in [1.82, 2.24) is 10.2 Å². The minimum atomic E-state index is 0.168. The van der Waals surface area contributed by atoms with Gasteiger partial charge in [0.25, 0.3) is 0 Å². The van der Waals surface area contributed by atoms with Gasteiger partial charge in [0.2, 0.25) is 0 Å². The number of nitrogens with one attached hydrogen (secondary N) is 1. The van der Waals surface area contributed by atoms with Gasteiger partial charge in [0.05, 0.1) is 12.6 Å². The maximum absolute atomic E-state index is 12.1. The van der Waals surface area contributed by atoms with Gasteiger partial charge in [-0.3, -0.25) is 9.69 Å². The molecule has 0 aromatic heterocycles. The number of likely N-dealkylation sites (N-methyl/N-ethyl adjacent to an activating group) is 1. The maximum atomic E-state index is 12.1. The van der Waals surface area contributed by atoms with Gasteiger partial charge in [0.15, 0.2) is 5.78 Å². The number of carbonyl (C=O) groups excluding carboxylic acids is 1. The van der Waals surface area contributed by atoms with E-state index in [1.165, 1.54) is 5.56 Å². The van der Waals surface area contributed by atoms with Gasteiger partial charge in [-0.1, -0.05) is 37.3 Å². The largest absolute Gasteiger partial charge is 0.310 e. The molecule has 20 heavy (non-hydrogen) atoms. The Hall–Kier alpha value is -1.19. The van der Waals surface area contributed by atoms with Gasteiger partial charge in [-0.15, -0.1) is 0 Å². The number of hydrogen-bond donors (Lipinski definition) is 1. The molecule has 1 N–H and O–H groups in total. The van der Waals surface area contributed by atoms with Gasteiger partial charge in [-0.2, -0.15) is 0 Å². The van der Waals surface area contributed by atoms with E-state index in [1.54, 1.807) is 0 Å². The van der Waals surface area contributed by atoms with Crippen molar-refractivity contribution in [2.24, 2.45) is 0 Å². The van der Waals surface area contributed by atoms with Crippen molar-refractivity contribution in [3.05, 3.63) is 35.9 Å². The van der Waals surface area contributed by atoms with Crippen LogP contribution in [0.3, 0.4) is 0 Å². The van der Waals surface area contributed by atoms with Crippen LogP contribution in [-0.4, -0.2) is 42.9 Å². The second kappa shape index (κ2) is 8.18. The van der Waals surface area contributed by atoms with E-state index in [0.29, 0.717) is 12.3 Å². The van der Waals surface area contributed by atoms with Crippen molar-refractivity contribution >= 4 is 5.78 Å². The van der Waals surface area contributed by atoms with Crippen molar-refractivity contribution in [1.29, 1.82) is 0 Å². The van der Waals surface area contributed by atoms with E-state index in [1.807, 2.05) is 6.07 Å². The van der Waals surface area contributed by atoms with E-state index in [-0.39, 0.29) is 6.04 Å². The highest BCUT2D eigenvalue weighted by Crippen LogP contribution is 2.16. The van der Waals surface area contributed by atoms with Crippen LogP contribution < -0.4 is 5.32 Å². The van der Waals surface area contributed by atoms with Crippen LogP contribution in [0.4, 0.5) is 0 Å². The maximum Gasteiger partial charge on any atom is 0.163 e. The van der Waals surface area contributed by atoms with Crippen LogP contribution in [0.2, 0.25) is 0 Å². The summed E-state index contributed by atoms with van der Waals surface area (Å²) in [7, 11) is 0. The zero-order valence-corrected chi connectivity index (χ0v) is 12.5. The Morgan fingerprint density at radius 3 is 2.90 bits per heavy atom. The first-order valence-corrected chi connectivity index (χ1v) is 7.82. The van der Waals surface area contributed by atoms with E-state index in [9.17, 15) is 4.79 Å². The lowest BCUT2D eigenvalue weighted by molar-refractivity contribution is -0.122. The zero-order chi connectivity index (χ0) is 14.2. The average molecular weight is 274 g/mol. The van der Waals surface area contributed by atoms with Gasteiger partial charge < -0.3 is 5.32 Å². The van der Waals surface area contributed by atoms with E-state index < -0.39 is 0 Å². The number of carbonyl (C=O) groups is 1. The monoisotopic (exact) mass is 274 g/mol. The Kier molecular flexibility index (Phi) is 6.22. The van der Waals surface area contributed by atoms with Gasteiger partial charge in [0.1, 0.15) is 0 Å². The second-order valence-corrected chi connectivity index (χ2v) is 5.52. The number of rotatable bonds is 8. The number of ketones is 1. The number of benzene rings is 1. The number of aryl methyl sites for hydroxylation is 1. The minimum absolute atomic E-state index is 0.168. The second-order valence-electron chi connectivity index (χ2n) is 5.52. The predicted octanol–water partition coefficient (Wildman–Crippen LogP) is 2.26. The van der Waals surface area contributed by atoms with E-state index in [2.05, 4.69) is 41.4 Å². The number of Topliss-reactive ketones (excluding diaryl/α,β-unsaturated/α-hetero) is 1. The van der Waals surface area contributed by atoms with Crippen molar-refractivity contribution in [2.75, 3.05) is 26.2 Å². The van der Waals surface area contributed by atoms with Crippen molar-refractivity contribution in [2.45, 2.75) is 38.6 Å². The first-order chi connectivity index (χ1) is 9.81. The van der Waals surface area contributed by atoms with Crippen LogP contribution in [0.1, 0.15) is 31.7 Å². The topological polar surface area (TPSA) is 32.3 Å². The van der Waals surface area contributed by atoms with Crippen LogP contribution in [0.5, 0.6) is 0 Å². The molecule has 1 atom stereocenters. The standard InChI is InChI=1S/C17H26N2O/c1-2-19-13-7-11-16(19)17(20)14-18-12-6-10-15-8-4-3-5-9-15/h3-5,8-9,16,18H,2,6-7,10-14H2,1H3/t16-/m0/s1. The van der Waals surface area contributed by atoms with E-state index in [4.69, 9.17) is 0 Å². The molecule has 0 unspecified atom stereocenters. The van der Waals surface area contributed by atoms with Crippen LogP contribution in [-0.2, 0) is 11.2 Å². The fourth-order valence-corrected chi connectivity index (χ4v) is 2.96. The van der Waals surface area contributed by atoms with Crippen LogP contribution in [0.15, 0.2) is 30.3 Å². The molecular weight excluding hydrogens is 248 g/mol. The summed E-state index contributed by atoms with van der Waals surface area (Å²) in [4.78, 5) is 14.4. The summed E-state index contributed by atoms with van der Waals surface area (Å²) in [5.74, 6) is 0.365. The summed E-state index contributed by atoms with van der Waals surface area (Å²) in [6.45, 7) is 5.65. The molecule has 0 bridgehead atoms. The van der Waals surface area contributed by atoms with Gasteiger partial charge in [0, 0.05) is 0 Å². The van der Waals surface area contributed by atoms with Gasteiger partial charge >= 0.3 is 0 Å². The lowest BCUT2D eigenvalue weighted by atomic mass is 10.1. The van der Waals surface area contributed by atoms with E-state index >= 15 is 0 Å². The SMILES string of the molecule is CCN1CCC[C@H]1C(=O)CNCCCc1ccccc1. The molecule has 1 aliphatic heterocycles. The predicted molar refractivity (Wildman–Crippen MR) is 82.9 cm³/mol. The molecule has 3 heteroatoms. The smallest absolute Gasteiger partial charge is 0.163 e. The summed E-state index contributed by atoms with van der Waals surface area (Å²) in [5, 5.41) is 3.30. The molecule has 2 rings (SSSR count). The first kappa shape index (κ1) is 15.2. The average Bonchev–Trinajstić information content (AvgIpc) is 2.96. The third-order valence-electron chi connectivity index (χ3n) is 4.10. The van der Waals surface area contributed by atoms with Crippen molar-refractivity contribution in [3.8, 4) is 0 Å². The molecule has 0 amide bonds. The van der Waals surface area contributed by atoms with Crippen molar-refractivity contribution in [3.63, 3.8) is 0 Å². The molecule has 1 fully saturated rings. The zero-order valence-electron chi connectivity index (χ0n) is 12.5. The van der Waals surface area contributed by atoms with Crippen LogP contribution in [0, 0.1) is 0 Å². The Morgan fingerprint density at radius 2 is 2.15 bits per heavy atom. The molecule has 1 heterocycles. The molecule has 0 saturated carbocycles. The molecular formula is C17H26N2O. The quantitative estimate of drug-likeness (QED) is 0.738. The van der Waals surface area contributed by atoms with Crippen LogP contribution in [0.25, 0.3) is 0 Å². The lowest BCUT2D eigenvalue weighted by Gasteiger charge is -2.21. The number of likely N-dealkylation sites (tertiary alicyclic amines) is 1. The molecule has 110 valence electrons. The summed E-state index contributed by atoms with van der Waals surface area (Å²) in [6, 6.07) is 10.7. The van der Waals surface area contributed by atoms with Crippen LogP contribution >= 0.6 is 0 Å². The first-order valence-electron chi connectivity index (χ1n) is 7.82. The summed E-state index contributed by atoms with van der Waals surface area (Å²) in [6.07, 6.45) is 4.36. The van der Waals surface area contributed by atoms with E-state index in [0.717, 1.165) is 45.3 Å². The van der Waals surface area contributed by atoms with Gasteiger partial charge in [-0.25, -0.2) is 0 Å². The fraction of sp³-hybridized carbons (Fsp3) is 0.588. The molecule has 1 aromatic carbocycles. The number of hydrogen-bond acceptors (Lipinski definition) is 3. The highest BCUT2D eigenvalue weighted by molar-refractivity contribution is 5.86. The Labute approximate surface area is 122 Å². The Bertz CT molecular complexity index is 405. The molecule has 1 aliphatic rings. The molecule has 0 radical (unpaired) electrons. The lowest BCUT2D eigenvalue weighted by Crippen LogP contribution is -2.40. The molecule has 1 saturated heterocycles. The molecule has 0 spiro atoms. The third kappa shape index (κ3) is 4.43. The normalized spacial score (nSPS) is 19.4. The highest BCUT2D eigenvalue weighted by Gasteiger charge is 2.28. The molecule has 1 aromatic rings. The summed E-state index contributed by atoms with van der Waals surface area (Å²) in [5.41, 5.74) is 1.37. The fourth-order valence-electron chi connectivity index (χ4n) is 2.96.